The lowest BCUT2D eigenvalue weighted by molar-refractivity contribution is 0.336. The van der Waals surface area contributed by atoms with E-state index in [0.29, 0.717) is 11.5 Å². The van der Waals surface area contributed by atoms with E-state index >= 15 is 0 Å². The predicted octanol–water partition coefficient (Wildman–Crippen LogP) is 7.23. The van der Waals surface area contributed by atoms with Gasteiger partial charge in [0.15, 0.2) is 23.0 Å². The first-order chi connectivity index (χ1) is 12.8. The molecule has 3 aromatic rings. The van der Waals surface area contributed by atoms with Crippen molar-refractivity contribution in [3.63, 3.8) is 0 Å². The van der Waals surface area contributed by atoms with Gasteiger partial charge in [0.1, 0.15) is 5.75 Å². The lowest BCUT2D eigenvalue weighted by Gasteiger charge is -2.26. The van der Waals surface area contributed by atoms with Crippen molar-refractivity contribution in [3.8, 4) is 34.5 Å². The average Bonchev–Trinajstić information content (AvgIpc) is 2.56. The summed E-state index contributed by atoms with van der Waals surface area (Å²) in [5.41, 5.74) is 6.57. The first-order valence-corrected chi connectivity index (χ1v) is 9.19. The van der Waals surface area contributed by atoms with E-state index in [4.69, 9.17) is 14.2 Å². The lowest BCUT2D eigenvalue weighted by atomic mass is 10.1. The van der Waals surface area contributed by atoms with Crippen molar-refractivity contribution < 1.29 is 14.2 Å². The monoisotopic (exact) mass is 360 g/mol. The first kappa shape index (κ1) is 17.5. The number of rotatable bonds is 2. The van der Waals surface area contributed by atoms with E-state index < -0.39 is 0 Å². The van der Waals surface area contributed by atoms with Gasteiger partial charge in [0.2, 0.25) is 5.75 Å². The van der Waals surface area contributed by atoms with Crippen molar-refractivity contribution in [2.24, 2.45) is 0 Å². The molecule has 0 N–H and O–H groups in total. The second-order valence-corrected chi connectivity index (χ2v) is 7.54. The van der Waals surface area contributed by atoms with Crippen LogP contribution in [0.15, 0.2) is 36.4 Å². The third-order valence-electron chi connectivity index (χ3n) is 4.78. The van der Waals surface area contributed by atoms with Gasteiger partial charge < -0.3 is 14.2 Å². The molecule has 0 saturated heterocycles. The Morgan fingerprint density at radius 3 is 1.89 bits per heavy atom. The highest BCUT2D eigenvalue weighted by Gasteiger charge is 2.28. The van der Waals surface area contributed by atoms with Gasteiger partial charge in [0, 0.05) is 0 Å². The van der Waals surface area contributed by atoms with Gasteiger partial charge in [-0.15, -0.1) is 0 Å². The predicted molar refractivity (Wildman–Crippen MR) is 108 cm³/mol. The van der Waals surface area contributed by atoms with Crippen LogP contribution in [0.1, 0.15) is 33.4 Å². The molecule has 4 rings (SSSR count). The Hall–Kier alpha value is -2.94. The van der Waals surface area contributed by atoms with Gasteiger partial charge in [-0.05, 0) is 99.2 Å². The highest BCUT2D eigenvalue weighted by atomic mass is 16.6. The maximum absolute atomic E-state index is 6.34. The molecule has 0 radical (unpaired) electrons. The van der Waals surface area contributed by atoms with E-state index in [0.717, 1.165) is 56.4 Å². The van der Waals surface area contributed by atoms with Gasteiger partial charge in [-0.1, -0.05) is 12.1 Å². The summed E-state index contributed by atoms with van der Waals surface area (Å²) in [6.07, 6.45) is 0. The van der Waals surface area contributed by atoms with Crippen molar-refractivity contribution >= 4 is 0 Å². The van der Waals surface area contributed by atoms with Crippen molar-refractivity contribution in [2.45, 2.75) is 41.5 Å². The zero-order valence-corrected chi connectivity index (χ0v) is 16.7. The molecule has 0 bridgehead atoms. The second-order valence-electron chi connectivity index (χ2n) is 7.54. The smallest absolute Gasteiger partial charge is 0.213 e. The van der Waals surface area contributed by atoms with Gasteiger partial charge in [-0.2, -0.15) is 0 Å². The van der Waals surface area contributed by atoms with E-state index in [2.05, 4.69) is 39.0 Å². The van der Waals surface area contributed by atoms with Gasteiger partial charge in [-0.3, -0.25) is 0 Å². The Bertz CT molecular complexity index is 1040. The van der Waals surface area contributed by atoms with Gasteiger partial charge in [-0.25, -0.2) is 0 Å². The van der Waals surface area contributed by atoms with Crippen molar-refractivity contribution in [1.29, 1.82) is 0 Å². The van der Waals surface area contributed by atoms with Crippen LogP contribution in [0.4, 0.5) is 0 Å². The number of ether oxygens (including phenoxy) is 3. The van der Waals surface area contributed by atoms with Crippen LogP contribution in [0, 0.1) is 41.5 Å². The molecule has 1 aliphatic rings. The van der Waals surface area contributed by atoms with Crippen LogP contribution in [-0.4, -0.2) is 0 Å². The Balaban J connectivity index is 1.84. The topological polar surface area (TPSA) is 27.7 Å². The molecule has 0 aromatic heterocycles. The van der Waals surface area contributed by atoms with Crippen LogP contribution in [-0.2, 0) is 0 Å². The van der Waals surface area contributed by atoms with E-state index in [1.54, 1.807) is 0 Å². The number of hydrogen-bond donors (Lipinski definition) is 0. The zero-order chi connectivity index (χ0) is 19.3. The third kappa shape index (κ3) is 3.14. The number of fused-ring (bicyclic) bond motifs is 2. The number of benzene rings is 3. The van der Waals surface area contributed by atoms with Crippen molar-refractivity contribution in [2.75, 3.05) is 0 Å². The molecule has 0 atom stereocenters. The standard InChI is InChI=1S/C24H24O3/c1-13-7-14(2)10-19(9-13)25-22-17(5)12-18(6)23-24(22)27-21-16(4)8-15(3)11-20(21)26-23/h7-12H,1-6H3. The molecule has 0 saturated carbocycles. The third-order valence-corrected chi connectivity index (χ3v) is 4.78. The van der Waals surface area contributed by atoms with Crippen molar-refractivity contribution in [3.05, 3.63) is 69.8 Å². The summed E-state index contributed by atoms with van der Waals surface area (Å²) in [5, 5.41) is 0. The summed E-state index contributed by atoms with van der Waals surface area (Å²) < 4.78 is 18.9. The molecule has 1 aliphatic heterocycles. The van der Waals surface area contributed by atoms with Crippen LogP contribution in [0.3, 0.4) is 0 Å². The molecule has 27 heavy (non-hydrogen) atoms. The normalized spacial score (nSPS) is 11.9. The summed E-state index contributed by atoms with van der Waals surface area (Å²) in [6, 6.07) is 12.4. The minimum atomic E-state index is 0.645. The molecule has 0 aliphatic carbocycles. The molecule has 1 heterocycles. The van der Waals surface area contributed by atoms with Crippen LogP contribution >= 0.6 is 0 Å². The van der Waals surface area contributed by atoms with Gasteiger partial charge in [0.25, 0.3) is 0 Å². The highest BCUT2D eigenvalue weighted by molar-refractivity contribution is 5.67. The van der Waals surface area contributed by atoms with Crippen LogP contribution < -0.4 is 14.2 Å². The number of hydrogen-bond acceptors (Lipinski definition) is 3. The molecule has 0 spiro atoms. The molecule has 0 unspecified atom stereocenters. The Labute approximate surface area is 160 Å². The maximum Gasteiger partial charge on any atom is 0.213 e. The minimum Gasteiger partial charge on any atom is -0.453 e. The molecule has 138 valence electrons. The fraction of sp³-hybridized carbons (Fsp3) is 0.250. The number of aryl methyl sites for hydroxylation is 6. The second kappa shape index (κ2) is 6.34. The minimum absolute atomic E-state index is 0.645. The summed E-state index contributed by atoms with van der Waals surface area (Å²) in [7, 11) is 0. The molecule has 3 heteroatoms. The Morgan fingerprint density at radius 2 is 1.19 bits per heavy atom. The zero-order valence-electron chi connectivity index (χ0n) is 16.7. The quantitative estimate of drug-likeness (QED) is 0.377. The molecular formula is C24H24O3. The van der Waals surface area contributed by atoms with Crippen LogP contribution in [0.2, 0.25) is 0 Å². The van der Waals surface area contributed by atoms with Crippen LogP contribution in [0.5, 0.6) is 34.5 Å². The van der Waals surface area contributed by atoms with E-state index in [1.807, 2.05) is 39.0 Å². The fourth-order valence-corrected chi connectivity index (χ4v) is 3.71. The Morgan fingerprint density at radius 1 is 0.556 bits per heavy atom. The van der Waals surface area contributed by atoms with E-state index in [-0.39, 0.29) is 0 Å². The highest BCUT2D eigenvalue weighted by Crippen LogP contribution is 2.54. The SMILES string of the molecule is Cc1cc(C)cc(Oc2c(C)cc(C)c3c2Oc2c(C)cc(C)cc2O3)c1. The van der Waals surface area contributed by atoms with Gasteiger partial charge in [0.05, 0.1) is 0 Å². The summed E-state index contributed by atoms with van der Waals surface area (Å²) >= 11 is 0. The summed E-state index contributed by atoms with van der Waals surface area (Å²) in [5.74, 6) is 4.37. The molecule has 0 amide bonds. The average molecular weight is 360 g/mol. The van der Waals surface area contributed by atoms with Crippen LogP contribution in [0.25, 0.3) is 0 Å². The molecule has 3 aromatic carbocycles. The Kier molecular flexibility index (Phi) is 4.11. The van der Waals surface area contributed by atoms with Crippen molar-refractivity contribution in [1.82, 2.24) is 0 Å². The fourth-order valence-electron chi connectivity index (χ4n) is 3.71. The van der Waals surface area contributed by atoms with Gasteiger partial charge >= 0.3 is 0 Å². The largest absolute Gasteiger partial charge is 0.453 e. The molecular weight excluding hydrogens is 336 g/mol. The van der Waals surface area contributed by atoms with E-state index in [9.17, 15) is 0 Å². The maximum atomic E-state index is 6.34. The first-order valence-electron chi connectivity index (χ1n) is 9.19. The van der Waals surface area contributed by atoms with E-state index in [1.165, 1.54) is 0 Å². The lowest BCUT2D eigenvalue weighted by Crippen LogP contribution is -2.05. The summed E-state index contributed by atoms with van der Waals surface area (Å²) in [6.45, 7) is 12.3. The molecule has 3 nitrogen and oxygen atoms in total. The molecule has 0 fully saturated rings. The summed E-state index contributed by atoms with van der Waals surface area (Å²) in [4.78, 5) is 0.